The van der Waals surface area contributed by atoms with E-state index in [0.717, 1.165) is 32.4 Å². The van der Waals surface area contributed by atoms with E-state index in [1.54, 1.807) is 0 Å². The zero-order chi connectivity index (χ0) is 15.5. The molecule has 124 valence electrons. The normalized spacial score (nSPS) is 28.1. The van der Waals surface area contributed by atoms with Gasteiger partial charge in [0.25, 0.3) is 0 Å². The number of nitrogens with zero attached hydrogens (tertiary/aromatic N) is 1. The van der Waals surface area contributed by atoms with Crippen molar-refractivity contribution >= 4 is 0 Å². The largest absolute Gasteiger partial charge is 0.522 e. The van der Waals surface area contributed by atoms with Gasteiger partial charge in [-0.25, -0.2) is 0 Å². The van der Waals surface area contributed by atoms with Gasteiger partial charge in [-0.15, -0.1) is 13.2 Å². The molecule has 6 heteroatoms. The summed E-state index contributed by atoms with van der Waals surface area (Å²) in [5, 5.41) is 3.69. The van der Waals surface area contributed by atoms with Gasteiger partial charge in [0.1, 0.15) is 0 Å². The zero-order valence-corrected chi connectivity index (χ0v) is 13.0. The van der Waals surface area contributed by atoms with Gasteiger partial charge < -0.3 is 5.32 Å². The van der Waals surface area contributed by atoms with Crippen molar-refractivity contribution in [3.05, 3.63) is 0 Å². The van der Waals surface area contributed by atoms with Gasteiger partial charge in [0.05, 0.1) is 6.61 Å². The summed E-state index contributed by atoms with van der Waals surface area (Å²) in [4.78, 5) is 2.22. The van der Waals surface area contributed by atoms with Crippen LogP contribution in [0.1, 0.15) is 46.0 Å². The monoisotopic (exact) mass is 308 g/mol. The van der Waals surface area contributed by atoms with Gasteiger partial charge in [-0.2, -0.15) is 0 Å². The predicted molar refractivity (Wildman–Crippen MR) is 76.0 cm³/mol. The number of hydrogen-bond donors (Lipinski definition) is 1. The molecule has 0 aromatic heterocycles. The number of halogens is 3. The van der Waals surface area contributed by atoms with Crippen molar-refractivity contribution < 1.29 is 17.9 Å². The van der Waals surface area contributed by atoms with Crippen LogP contribution in [0.2, 0.25) is 0 Å². The minimum absolute atomic E-state index is 0.127. The third-order valence-electron chi connectivity index (χ3n) is 5.17. The molecule has 2 fully saturated rings. The van der Waals surface area contributed by atoms with Crippen molar-refractivity contribution in [3.63, 3.8) is 0 Å². The van der Waals surface area contributed by atoms with Gasteiger partial charge in [0, 0.05) is 31.2 Å². The van der Waals surface area contributed by atoms with Crippen LogP contribution in [0, 0.1) is 5.92 Å². The van der Waals surface area contributed by atoms with Crippen LogP contribution in [-0.4, -0.2) is 49.1 Å². The van der Waals surface area contributed by atoms with Crippen LogP contribution >= 0.6 is 0 Å². The molecular formula is C15H27F3N2O. The molecule has 1 aliphatic carbocycles. The van der Waals surface area contributed by atoms with Crippen LogP contribution in [0.3, 0.4) is 0 Å². The first-order valence-corrected chi connectivity index (χ1v) is 8.05. The van der Waals surface area contributed by atoms with Crippen molar-refractivity contribution in [2.24, 2.45) is 5.92 Å². The molecule has 1 aliphatic heterocycles. The smallest absolute Gasteiger partial charge is 0.308 e. The first kappa shape index (κ1) is 17.0. The van der Waals surface area contributed by atoms with E-state index in [2.05, 4.69) is 28.8 Å². The predicted octanol–water partition coefficient (Wildman–Crippen LogP) is 3.16. The minimum atomic E-state index is -4.52. The molecule has 21 heavy (non-hydrogen) atoms. The molecule has 2 unspecified atom stereocenters. The fourth-order valence-electron chi connectivity index (χ4n) is 3.76. The Labute approximate surface area is 125 Å². The number of alkyl halides is 3. The van der Waals surface area contributed by atoms with Crippen molar-refractivity contribution in [2.45, 2.75) is 63.9 Å². The highest BCUT2D eigenvalue weighted by molar-refractivity contribution is 5.01. The minimum Gasteiger partial charge on any atom is -0.308 e. The summed E-state index contributed by atoms with van der Waals surface area (Å²) in [6.45, 7) is 6.13. The van der Waals surface area contributed by atoms with Crippen LogP contribution in [0.4, 0.5) is 13.2 Å². The maximum Gasteiger partial charge on any atom is 0.522 e. The van der Waals surface area contributed by atoms with Crippen LogP contribution in [-0.2, 0) is 4.74 Å². The fourth-order valence-corrected chi connectivity index (χ4v) is 3.76. The average Bonchev–Trinajstić information content (AvgIpc) is 2.85. The molecule has 0 aromatic carbocycles. The Balaban J connectivity index is 1.95. The van der Waals surface area contributed by atoms with Gasteiger partial charge in [-0.3, -0.25) is 9.64 Å². The lowest BCUT2D eigenvalue weighted by Crippen LogP contribution is -2.65. The second-order valence-corrected chi connectivity index (χ2v) is 6.59. The topological polar surface area (TPSA) is 24.5 Å². The number of hydrogen-bond acceptors (Lipinski definition) is 3. The molecule has 0 bridgehead atoms. The maximum atomic E-state index is 12.2. The highest BCUT2D eigenvalue weighted by Gasteiger charge is 2.42. The highest BCUT2D eigenvalue weighted by atomic mass is 19.4. The lowest BCUT2D eigenvalue weighted by molar-refractivity contribution is -0.325. The van der Waals surface area contributed by atoms with E-state index in [9.17, 15) is 13.2 Å². The second-order valence-electron chi connectivity index (χ2n) is 6.59. The van der Waals surface area contributed by atoms with E-state index in [4.69, 9.17) is 0 Å². The molecule has 1 heterocycles. The number of rotatable bonds is 5. The summed E-state index contributed by atoms with van der Waals surface area (Å²) < 4.78 is 40.5. The van der Waals surface area contributed by atoms with Crippen LogP contribution in [0.15, 0.2) is 0 Å². The van der Waals surface area contributed by atoms with E-state index in [1.807, 2.05) is 0 Å². The zero-order valence-electron chi connectivity index (χ0n) is 13.0. The van der Waals surface area contributed by atoms with Crippen LogP contribution in [0.5, 0.6) is 0 Å². The molecular weight excluding hydrogens is 281 g/mol. The van der Waals surface area contributed by atoms with Gasteiger partial charge in [0.2, 0.25) is 0 Å². The van der Waals surface area contributed by atoms with Gasteiger partial charge in [-0.1, -0.05) is 33.1 Å². The van der Waals surface area contributed by atoms with Crippen molar-refractivity contribution in [3.8, 4) is 0 Å². The van der Waals surface area contributed by atoms with Gasteiger partial charge >= 0.3 is 6.36 Å². The standard InChI is InChI=1S/C15H27F3N2O/c1-3-12(2)13-10-19-14(6-4-5-7-14)11-20(13)8-9-21-15(16,17)18/h12-13,19H,3-11H2,1-2H3. The summed E-state index contributed by atoms with van der Waals surface area (Å²) in [7, 11) is 0. The van der Waals surface area contributed by atoms with Gasteiger partial charge in [0.15, 0.2) is 0 Å². The van der Waals surface area contributed by atoms with E-state index in [0.29, 0.717) is 18.5 Å². The number of piperazine rings is 1. The fraction of sp³-hybridized carbons (Fsp3) is 1.00. The summed E-state index contributed by atoms with van der Waals surface area (Å²) in [5.74, 6) is 0.474. The Morgan fingerprint density at radius 3 is 2.57 bits per heavy atom. The Morgan fingerprint density at radius 1 is 1.33 bits per heavy atom. The molecule has 1 saturated heterocycles. The Kier molecular flexibility index (Phi) is 5.54. The molecule has 2 rings (SSSR count). The maximum absolute atomic E-state index is 12.2. The number of nitrogens with one attached hydrogen (secondary N) is 1. The molecule has 1 saturated carbocycles. The Morgan fingerprint density at radius 2 is 2.00 bits per heavy atom. The Bertz CT molecular complexity index is 329. The Hall–Kier alpha value is -0.330. The summed E-state index contributed by atoms with van der Waals surface area (Å²) >= 11 is 0. The SMILES string of the molecule is CCC(C)C1CNC2(CCCC2)CN1CCOC(F)(F)F. The third kappa shape index (κ3) is 4.57. The molecule has 3 nitrogen and oxygen atoms in total. The quantitative estimate of drug-likeness (QED) is 0.844. The average molecular weight is 308 g/mol. The van der Waals surface area contributed by atoms with Gasteiger partial charge in [-0.05, 0) is 18.8 Å². The van der Waals surface area contributed by atoms with Crippen molar-refractivity contribution in [1.29, 1.82) is 0 Å². The summed E-state index contributed by atoms with van der Waals surface area (Å²) in [5.41, 5.74) is 0.127. The second kappa shape index (κ2) is 6.84. The first-order chi connectivity index (χ1) is 9.85. The van der Waals surface area contributed by atoms with E-state index in [1.165, 1.54) is 12.8 Å². The first-order valence-electron chi connectivity index (χ1n) is 8.05. The van der Waals surface area contributed by atoms with Crippen LogP contribution in [0.25, 0.3) is 0 Å². The molecule has 0 radical (unpaired) electrons. The van der Waals surface area contributed by atoms with Crippen LogP contribution < -0.4 is 5.32 Å². The van der Waals surface area contributed by atoms with Crippen molar-refractivity contribution in [1.82, 2.24) is 10.2 Å². The summed E-state index contributed by atoms with van der Waals surface area (Å²) in [6, 6.07) is 0.304. The lowest BCUT2D eigenvalue weighted by atomic mass is 9.87. The van der Waals surface area contributed by atoms with Crippen molar-refractivity contribution in [2.75, 3.05) is 26.2 Å². The lowest BCUT2D eigenvalue weighted by Gasteiger charge is -2.48. The molecule has 0 aromatic rings. The highest BCUT2D eigenvalue weighted by Crippen LogP contribution is 2.34. The molecule has 2 aliphatic rings. The molecule has 1 spiro atoms. The molecule has 1 N–H and O–H groups in total. The van der Waals surface area contributed by atoms with E-state index >= 15 is 0 Å². The third-order valence-corrected chi connectivity index (χ3v) is 5.17. The molecule has 2 atom stereocenters. The number of ether oxygens (including phenoxy) is 1. The summed E-state index contributed by atoms with van der Waals surface area (Å²) in [6.07, 6.45) is 1.22. The van der Waals surface area contributed by atoms with E-state index in [-0.39, 0.29) is 12.1 Å². The van der Waals surface area contributed by atoms with E-state index < -0.39 is 6.36 Å². The molecule has 0 amide bonds.